The van der Waals surface area contributed by atoms with E-state index in [2.05, 4.69) is 11.4 Å². The molecule has 0 aliphatic rings. The molecule has 0 bridgehead atoms. The van der Waals surface area contributed by atoms with E-state index in [0.29, 0.717) is 0 Å². The van der Waals surface area contributed by atoms with Crippen molar-refractivity contribution in [2.24, 2.45) is 0 Å². The predicted molar refractivity (Wildman–Crippen MR) is 69.3 cm³/mol. The maximum atomic E-state index is 11.4. The first kappa shape index (κ1) is 10.9. The van der Waals surface area contributed by atoms with Crippen LogP contribution in [-0.2, 0) is 0 Å². The third-order valence-electron chi connectivity index (χ3n) is 2.47. The molecule has 0 saturated carbocycles. The van der Waals surface area contributed by atoms with Crippen molar-refractivity contribution < 1.29 is 4.79 Å². The number of ketones is 1. The molecule has 1 N–H and O–H groups in total. The summed E-state index contributed by atoms with van der Waals surface area (Å²) in [6.07, 6.45) is 0. The Labute approximate surface area is 98.9 Å². The van der Waals surface area contributed by atoms with Crippen molar-refractivity contribution in [3.63, 3.8) is 0 Å². The maximum absolute atomic E-state index is 11.4. The van der Waals surface area contributed by atoms with Gasteiger partial charge in [0, 0.05) is 23.2 Å². The number of carbonyl (C=O) groups excluding carboxylic acids is 1. The standard InChI is InChI=1S/C13H13NOS/c1-9(15)11-6-5-10(8-12(11)14-2)13-4-3-7-16-13/h3-8,14H,1-2H3. The largest absolute Gasteiger partial charge is 0.388 e. The Morgan fingerprint density at radius 3 is 2.69 bits per heavy atom. The summed E-state index contributed by atoms with van der Waals surface area (Å²) in [5, 5.41) is 5.11. The third kappa shape index (κ3) is 1.99. The minimum absolute atomic E-state index is 0.0853. The molecule has 1 aromatic heterocycles. The number of anilines is 1. The monoisotopic (exact) mass is 231 g/mol. The van der Waals surface area contributed by atoms with Gasteiger partial charge in [-0.2, -0.15) is 0 Å². The van der Waals surface area contributed by atoms with Gasteiger partial charge < -0.3 is 5.32 Å². The van der Waals surface area contributed by atoms with E-state index >= 15 is 0 Å². The van der Waals surface area contributed by atoms with Crippen LogP contribution in [0.2, 0.25) is 0 Å². The zero-order valence-electron chi connectivity index (χ0n) is 9.28. The summed E-state index contributed by atoms with van der Waals surface area (Å²) in [7, 11) is 1.83. The quantitative estimate of drug-likeness (QED) is 0.817. The van der Waals surface area contributed by atoms with Crippen molar-refractivity contribution in [3.05, 3.63) is 41.3 Å². The van der Waals surface area contributed by atoms with Crippen molar-refractivity contribution in [1.29, 1.82) is 0 Å². The molecular weight excluding hydrogens is 218 g/mol. The second-order valence-corrected chi connectivity index (χ2v) is 4.49. The van der Waals surface area contributed by atoms with Crippen molar-refractivity contribution in [3.8, 4) is 10.4 Å². The van der Waals surface area contributed by atoms with Crippen LogP contribution in [0.4, 0.5) is 5.69 Å². The number of hydrogen-bond acceptors (Lipinski definition) is 3. The van der Waals surface area contributed by atoms with Crippen molar-refractivity contribution in [2.45, 2.75) is 6.92 Å². The molecule has 0 atom stereocenters. The number of thiophene rings is 1. The lowest BCUT2D eigenvalue weighted by Gasteiger charge is -2.08. The lowest BCUT2D eigenvalue weighted by Crippen LogP contribution is -2.00. The van der Waals surface area contributed by atoms with Crippen LogP contribution in [0.25, 0.3) is 10.4 Å². The summed E-state index contributed by atoms with van der Waals surface area (Å²) < 4.78 is 0. The molecule has 0 radical (unpaired) electrons. The molecule has 0 aliphatic heterocycles. The number of benzene rings is 1. The van der Waals surface area contributed by atoms with Crippen LogP contribution in [0.15, 0.2) is 35.7 Å². The Bertz CT molecular complexity index is 503. The lowest BCUT2D eigenvalue weighted by atomic mass is 10.1. The van der Waals surface area contributed by atoms with E-state index < -0.39 is 0 Å². The Morgan fingerprint density at radius 2 is 2.12 bits per heavy atom. The maximum Gasteiger partial charge on any atom is 0.161 e. The fourth-order valence-electron chi connectivity index (χ4n) is 1.65. The van der Waals surface area contributed by atoms with Crippen LogP contribution in [0.5, 0.6) is 0 Å². The van der Waals surface area contributed by atoms with Gasteiger partial charge in [0.05, 0.1) is 0 Å². The van der Waals surface area contributed by atoms with Crippen LogP contribution in [0.1, 0.15) is 17.3 Å². The molecule has 0 fully saturated rings. The summed E-state index contributed by atoms with van der Waals surface area (Å²) in [5.74, 6) is 0.0853. The Balaban J connectivity index is 2.49. The normalized spacial score (nSPS) is 10.1. The van der Waals surface area contributed by atoms with E-state index in [0.717, 1.165) is 16.8 Å². The van der Waals surface area contributed by atoms with Crippen LogP contribution in [0, 0.1) is 0 Å². The van der Waals surface area contributed by atoms with Gasteiger partial charge in [0.15, 0.2) is 5.78 Å². The molecule has 2 nitrogen and oxygen atoms in total. The smallest absolute Gasteiger partial charge is 0.161 e. The molecule has 0 amide bonds. The highest BCUT2D eigenvalue weighted by atomic mass is 32.1. The number of rotatable bonds is 3. The van der Waals surface area contributed by atoms with Crippen molar-refractivity contribution >= 4 is 22.8 Å². The first-order valence-corrected chi connectivity index (χ1v) is 5.97. The van der Waals surface area contributed by atoms with Crippen LogP contribution < -0.4 is 5.32 Å². The van der Waals surface area contributed by atoms with Crippen molar-refractivity contribution in [2.75, 3.05) is 12.4 Å². The molecule has 2 aromatic rings. The van der Waals surface area contributed by atoms with E-state index in [1.54, 1.807) is 18.3 Å². The van der Waals surface area contributed by atoms with Gasteiger partial charge >= 0.3 is 0 Å². The van der Waals surface area contributed by atoms with E-state index in [4.69, 9.17) is 0 Å². The van der Waals surface area contributed by atoms with Crippen LogP contribution >= 0.6 is 11.3 Å². The van der Waals surface area contributed by atoms with Crippen molar-refractivity contribution in [1.82, 2.24) is 0 Å². The highest BCUT2D eigenvalue weighted by molar-refractivity contribution is 7.13. The number of hydrogen-bond donors (Lipinski definition) is 1. The predicted octanol–water partition coefficient (Wildman–Crippen LogP) is 3.66. The molecule has 2 rings (SSSR count). The second kappa shape index (κ2) is 4.49. The lowest BCUT2D eigenvalue weighted by molar-refractivity contribution is 0.101. The number of nitrogens with one attached hydrogen (secondary N) is 1. The minimum Gasteiger partial charge on any atom is -0.388 e. The second-order valence-electron chi connectivity index (χ2n) is 3.54. The topological polar surface area (TPSA) is 29.1 Å². The Hall–Kier alpha value is -1.61. The first-order valence-electron chi connectivity index (χ1n) is 5.09. The molecule has 1 aromatic carbocycles. The van der Waals surface area contributed by atoms with E-state index in [1.807, 2.05) is 36.7 Å². The molecule has 0 unspecified atom stereocenters. The number of Topliss-reactive ketones (excluding diaryl/α,β-unsaturated/α-hetero) is 1. The van der Waals surface area contributed by atoms with Gasteiger partial charge in [-0.25, -0.2) is 0 Å². The number of carbonyl (C=O) groups is 1. The minimum atomic E-state index is 0.0853. The van der Waals surface area contributed by atoms with E-state index in [-0.39, 0.29) is 5.78 Å². The van der Waals surface area contributed by atoms with E-state index in [1.165, 1.54) is 4.88 Å². The van der Waals surface area contributed by atoms with Gasteiger partial charge in [0.1, 0.15) is 0 Å². The van der Waals surface area contributed by atoms with Gasteiger partial charge in [-0.05, 0) is 36.1 Å². The molecule has 0 aliphatic carbocycles. The van der Waals surface area contributed by atoms with Gasteiger partial charge in [-0.3, -0.25) is 4.79 Å². The molecular formula is C13H13NOS. The molecule has 16 heavy (non-hydrogen) atoms. The first-order chi connectivity index (χ1) is 7.72. The van der Waals surface area contributed by atoms with Gasteiger partial charge in [-0.15, -0.1) is 11.3 Å². The third-order valence-corrected chi connectivity index (χ3v) is 3.39. The zero-order chi connectivity index (χ0) is 11.5. The summed E-state index contributed by atoms with van der Waals surface area (Å²) in [4.78, 5) is 12.6. The SMILES string of the molecule is CNc1cc(-c2cccs2)ccc1C(C)=O. The average molecular weight is 231 g/mol. The van der Waals surface area contributed by atoms with Gasteiger partial charge in [-0.1, -0.05) is 12.1 Å². The summed E-state index contributed by atoms with van der Waals surface area (Å²) in [6, 6.07) is 9.99. The highest BCUT2D eigenvalue weighted by Crippen LogP contribution is 2.28. The van der Waals surface area contributed by atoms with E-state index in [9.17, 15) is 4.79 Å². The summed E-state index contributed by atoms with van der Waals surface area (Å²) in [6.45, 7) is 1.58. The fourth-order valence-corrected chi connectivity index (χ4v) is 2.38. The van der Waals surface area contributed by atoms with Gasteiger partial charge in [0.25, 0.3) is 0 Å². The van der Waals surface area contributed by atoms with Crippen LogP contribution in [-0.4, -0.2) is 12.8 Å². The molecule has 82 valence electrons. The highest BCUT2D eigenvalue weighted by Gasteiger charge is 2.08. The van der Waals surface area contributed by atoms with Gasteiger partial charge in [0.2, 0.25) is 0 Å². The Morgan fingerprint density at radius 1 is 1.31 bits per heavy atom. The summed E-state index contributed by atoms with van der Waals surface area (Å²) in [5.41, 5.74) is 2.77. The molecule has 0 spiro atoms. The van der Waals surface area contributed by atoms with Crippen LogP contribution in [0.3, 0.4) is 0 Å². The molecule has 1 heterocycles. The molecule has 3 heteroatoms. The average Bonchev–Trinajstić information content (AvgIpc) is 2.81. The molecule has 0 saturated heterocycles. The summed E-state index contributed by atoms with van der Waals surface area (Å²) >= 11 is 1.70. The Kier molecular flexibility index (Phi) is 3.06. The fraction of sp³-hybridized carbons (Fsp3) is 0.154. The zero-order valence-corrected chi connectivity index (χ0v) is 10.1.